The van der Waals surface area contributed by atoms with E-state index in [4.69, 9.17) is 4.74 Å². The first kappa shape index (κ1) is 14.1. The Hall–Kier alpha value is -1.30. The van der Waals surface area contributed by atoms with Gasteiger partial charge in [0, 0.05) is 17.3 Å². The Morgan fingerprint density at radius 1 is 1.32 bits per heavy atom. The average Bonchev–Trinajstić information content (AvgIpc) is 2.65. The van der Waals surface area contributed by atoms with Gasteiger partial charge in [-0.15, -0.1) is 0 Å². The standard InChI is InChI=1S/C13H10BrF3O2/c1-8-6-12(7-14,19-11(8)18)9-2-4-10(5-3-9)13(15,16)17/h2-5H,1,6-7H2. The summed E-state index contributed by atoms with van der Waals surface area (Å²) in [5.74, 6) is -0.514. The summed E-state index contributed by atoms with van der Waals surface area (Å²) in [5.41, 5.74) is -0.856. The third-order valence-corrected chi connectivity index (χ3v) is 3.94. The van der Waals surface area contributed by atoms with E-state index in [0.717, 1.165) is 12.1 Å². The molecule has 0 amide bonds. The van der Waals surface area contributed by atoms with Crippen molar-refractivity contribution in [2.45, 2.75) is 18.2 Å². The zero-order chi connectivity index (χ0) is 14.3. The minimum absolute atomic E-state index is 0.266. The lowest BCUT2D eigenvalue weighted by molar-refractivity contribution is -0.145. The fourth-order valence-corrected chi connectivity index (χ4v) is 2.61. The molecule has 1 aromatic rings. The van der Waals surface area contributed by atoms with Crippen molar-refractivity contribution >= 4 is 21.9 Å². The molecule has 6 heteroatoms. The maximum absolute atomic E-state index is 12.5. The maximum Gasteiger partial charge on any atom is 0.416 e. The summed E-state index contributed by atoms with van der Waals surface area (Å²) in [6.07, 6.45) is -4.11. The van der Waals surface area contributed by atoms with Crippen LogP contribution in [0.3, 0.4) is 0 Å². The number of alkyl halides is 4. The number of cyclic esters (lactones) is 1. The highest BCUT2D eigenvalue weighted by Crippen LogP contribution is 2.41. The fraction of sp³-hybridized carbons (Fsp3) is 0.308. The number of benzene rings is 1. The Morgan fingerprint density at radius 3 is 2.26 bits per heavy atom. The molecule has 0 bridgehead atoms. The molecule has 1 aliphatic rings. The molecule has 0 saturated carbocycles. The van der Waals surface area contributed by atoms with E-state index in [1.165, 1.54) is 12.1 Å². The summed E-state index contributed by atoms with van der Waals surface area (Å²) in [6.45, 7) is 3.59. The molecule has 0 N–H and O–H groups in total. The van der Waals surface area contributed by atoms with Crippen molar-refractivity contribution in [1.29, 1.82) is 0 Å². The number of hydrogen-bond donors (Lipinski definition) is 0. The van der Waals surface area contributed by atoms with E-state index in [2.05, 4.69) is 22.5 Å². The molecule has 0 spiro atoms. The Bertz CT molecular complexity index is 504. The third-order valence-electron chi connectivity index (χ3n) is 3.03. The lowest BCUT2D eigenvalue weighted by Gasteiger charge is -2.25. The van der Waals surface area contributed by atoms with Crippen LogP contribution in [0.2, 0.25) is 0 Å². The molecular weight excluding hydrogens is 325 g/mol. The van der Waals surface area contributed by atoms with Crippen LogP contribution < -0.4 is 0 Å². The molecule has 1 aromatic carbocycles. The van der Waals surface area contributed by atoms with Crippen molar-refractivity contribution < 1.29 is 22.7 Å². The Labute approximate surface area is 116 Å². The highest BCUT2D eigenvalue weighted by molar-refractivity contribution is 9.09. The van der Waals surface area contributed by atoms with Crippen LogP contribution >= 0.6 is 15.9 Å². The highest BCUT2D eigenvalue weighted by atomic mass is 79.9. The number of carbonyl (C=O) groups is 1. The Kier molecular flexibility index (Phi) is 3.47. The van der Waals surface area contributed by atoms with Crippen molar-refractivity contribution in [3.63, 3.8) is 0 Å². The van der Waals surface area contributed by atoms with Gasteiger partial charge in [-0.3, -0.25) is 0 Å². The number of rotatable bonds is 2. The fourth-order valence-electron chi connectivity index (χ4n) is 1.98. The van der Waals surface area contributed by atoms with Crippen LogP contribution in [0.4, 0.5) is 13.2 Å². The number of hydrogen-bond acceptors (Lipinski definition) is 2. The monoisotopic (exact) mass is 334 g/mol. The molecule has 1 fully saturated rings. The largest absolute Gasteiger partial charge is 0.450 e. The van der Waals surface area contributed by atoms with Crippen LogP contribution in [0.15, 0.2) is 36.4 Å². The van der Waals surface area contributed by atoms with Gasteiger partial charge < -0.3 is 4.74 Å². The first-order chi connectivity index (χ1) is 8.78. The van der Waals surface area contributed by atoms with Gasteiger partial charge in [0.2, 0.25) is 0 Å². The van der Waals surface area contributed by atoms with Crippen LogP contribution in [0, 0.1) is 0 Å². The zero-order valence-electron chi connectivity index (χ0n) is 9.76. The van der Waals surface area contributed by atoms with Gasteiger partial charge in [-0.1, -0.05) is 34.6 Å². The molecule has 1 saturated heterocycles. The first-order valence-corrected chi connectivity index (χ1v) is 6.55. The van der Waals surface area contributed by atoms with Crippen molar-refractivity contribution in [3.05, 3.63) is 47.5 Å². The molecule has 1 atom stereocenters. The number of carbonyl (C=O) groups excluding carboxylic acids is 1. The third kappa shape index (κ3) is 2.54. The molecule has 2 rings (SSSR count). The van der Waals surface area contributed by atoms with Gasteiger partial charge in [0.05, 0.1) is 5.56 Å². The highest BCUT2D eigenvalue weighted by Gasteiger charge is 2.44. The van der Waals surface area contributed by atoms with E-state index < -0.39 is 23.3 Å². The lowest BCUT2D eigenvalue weighted by atomic mass is 9.91. The summed E-state index contributed by atoms with van der Waals surface area (Å²) in [5, 5.41) is 0.302. The topological polar surface area (TPSA) is 26.3 Å². The van der Waals surface area contributed by atoms with Crippen molar-refractivity contribution in [3.8, 4) is 0 Å². The van der Waals surface area contributed by atoms with Gasteiger partial charge in [0.15, 0.2) is 5.60 Å². The van der Waals surface area contributed by atoms with E-state index in [1.54, 1.807) is 0 Å². The lowest BCUT2D eigenvalue weighted by Crippen LogP contribution is -2.27. The van der Waals surface area contributed by atoms with Gasteiger partial charge >= 0.3 is 12.1 Å². The second-order valence-corrected chi connectivity index (χ2v) is 4.93. The minimum Gasteiger partial charge on any atom is -0.450 e. The maximum atomic E-state index is 12.5. The van der Waals surface area contributed by atoms with E-state index in [0.29, 0.717) is 16.5 Å². The minimum atomic E-state index is -4.38. The first-order valence-electron chi connectivity index (χ1n) is 5.43. The van der Waals surface area contributed by atoms with Crippen molar-refractivity contribution in [2.75, 3.05) is 5.33 Å². The van der Waals surface area contributed by atoms with Crippen molar-refractivity contribution in [2.24, 2.45) is 0 Å². The predicted octanol–water partition coefficient (Wildman–Crippen LogP) is 3.80. The molecule has 1 unspecified atom stereocenters. The molecule has 1 heterocycles. The molecule has 1 aliphatic heterocycles. The van der Waals surface area contributed by atoms with Gasteiger partial charge in [0.1, 0.15) is 0 Å². The van der Waals surface area contributed by atoms with Gasteiger partial charge in [-0.25, -0.2) is 4.79 Å². The van der Waals surface area contributed by atoms with Crippen LogP contribution in [0.5, 0.6) is 0 Å². The number of halogens is 4. The van der Waals surface area contributed by atoms with E-state index in [-0.39, 0.29) is 6.42 Å². The second kappa shape index (κ2) is 4.67. The normalized spacial score (nSPS) is 23.6. The predicted molar refractivity (Wildman–Crippen MR) is 66.8 cm³/mol. The van der Waals surface area contributed by atoms with Gasteiger partial charge in [0.25, 0.3) is 0 Å². The Morgan fingerprint density at radius 2 is 1.89 bits per heavy atom. The van der Waals surface area contributed by atoms with E-state index in [9.17, 15) is 18.0 Å². The SMILES string of the molecule is C=C1CC(CBr)(c2ccc(C(F)(F)F)cc2)OC1=O. The molecule has 19 heavy (non-hydrogen) atoms. The van der Waals surface area contributed by atoms with Crippen LogP contribution in [0.25, 0.3) is 0 Å². The Balaban J connectivity index is 2.36. The van der Waals surface area contributed by atoms with Crippen LogP contribution in [-0.4, -0.2) is 11.3 Å². The van der Waals surface area contributed by atoms with Crippen LogP contribution in [0.1, 0.15) is 17.5 Å². The van der Waals surface area contributed by atoms with Gasteiger partial charge in [-0.2, -0.15) is 13.2 Å². The smallest absolute Gasteiger partial charge is 0.416 e. The second-order valence-electron chi connectivity index (χ2n) is 4.37. The van der Waals surface area contributed by atoms with Crippen LogP contribution in [-0.2, 0) is 21.3 Å². The molecule has 102 valence electrons. The van der Waals surface area contributed by atoms with Gasteiger partial charge in [-0.05, 0) is 17.7 Å². The summed E-state index contributed by atoms with van der Waals surface area (Å²) in [4.78, 5) is 11.4. The summed E-state index contributed by atoms with van der Waals surface area (Å²) in [7, 11) is 0. The van der Waals surface area contributed by atoms with E-state index in [1.807, 2.05) is 0 Å². The molecular formula is C13H10BrF3O2. The van der Waals surface area contributed by atoms with E-state index >= 15 is 0 Å². The number of ether oxygens (including phenoxy) is 1. The summed E-state index contributed by atoms with van der Waals surface area (Å²) in [6, 6.07) is 4.62. The molecule has 2 nitrogen and oxygen atoms in total. The average molecular weight is 335 g/mol. The van der Waals surface area contributed by atoms with Crippen molar-refractivity contribution in [1.82, 2.24) is 0 Å². The summed E-state index contributed by atoms with van der Waals surface area (Å²) >= 11 is 3.24. The number of esters is 1. The zero-order valence-corrected chi connectivity index (χ0v) is 11.3. The summed E-state index contributed by atoms with van der Waals surface area (Å²) < 4.78 is 42.7. The molecule has 0 aliphatic carbocycles. The molecule has 0 aromatic heterocycles. The quantitative estimate of drug-likeness (QED) is 0.467. The molecule has 0 radical (unpaired) electrons.